The molecule has 20 heavy (non-hydrogen) atoms. The molecule has 0 saturated carbocycles. The Morgan fingerprint density at radius 2 is 1.85 bits per heavy atom. The molecule has 1 amide bonds. The highest BCUT2D eigenvalue weighted by Gasteiger charge is 2.38. The summed E-state index contributed by atoms with van der Waals surface area (Å²) in [7, 11) is -3.69. The number of sulfone groups is 1. The Morgan fingerprint density at radius 1 is 1.25 bits per heavy atom. The number of benzene rings is 1. The Kier molecular flexibility index (Phi) is 5.41. The van der Waals surface area contributed by atoms with Crippen molar-refractivity contribution in [3.8, 4) is 0 Å². The minimum atomic E-state index is -4.97. The number of halogens is 4. The lowest BCUT2D eigenvalue weighted by Gasteiger charge is -2.08. The van der Waals surface area contributed by atoms with Crippen LogP contribution in [0.25, 0.3) is 0 Å². The van der Waals surface area contributed by atoms with Crippen molar-refractivity contribution in [1.82, 2.24) is 5.32 Å². The summed E-state index contributed by atoms with van der Waals surface area (Å²) in [5, 5.41) is 1.65. The highest BCUT2D eigenvalue weighted by molar-refractivity contribution is 7.91. The first-order valence-corrected chi connectivity index (χ1v) is 7.50. The number of hydrogen-bond donors (Lipinski definition) is 1. The van der Waals surface area contributed by atoms with Gasteiger partial charge in [-0.15, -0.1) is 0 Å². The molecule has 9 heteroatoms. The van der Waals surface area contributed by atoms with Crippen LogP contribution in [0.5, 0.6) is 0 Å². The van der Waals surface area contributed by atoms with Gasteiger partial charge in [0.1, 0.15) is 0 Å². The third-order valence-corrected chi connectivity index (χ3v) is 4.60. The normalized spacial score (nSPS) is 12.2. The van der Waals surface area contributed by atoms with Crippen molar-refractivity contribution in [1.29, 1.82) is 0 Å². The van der Waals surface area contributed by atoms with Crippen LogP contribution >= 0.6 is 11.6 Å². The van der Waals surface area contributed by atoms with Gasteiger partial charge in [0.2, 0.25) is 0 Å². The first kappa shape index (κ1) is 16.8. The quantitative estimate of drug-likeness (QED) is 0.842. The first-order valence-electron chi connectivity index (χ1n) is 5.47. The fourth-order valence-corrected chi connectivity index (χ4v) is 3.25. The Hall–Kier alpha value is -1.28. The minimum absolute atomic E-state index is 0.0480. The summed E-state index contributed by atoms with van der Waals surface area (Å²) >= 11 is 5.73. The molecule has 1 aromatic rings. The topological polar surface area (TPSA) is 63.2 Å². The van der Waals surface area contributed by atoms with E-state index in [9.17, 15) is 26.4 Å². The van der Waals surface area contributed by atoms with Crippen molar-refractivity contribution in [2.45, 2.75) is 17.5 Å². The minimum Gasteiger partial charge on any atom is -0.348 e. The molecule has 0 fully saturated rings. The van der Waals surface area contributed by atoms with Crippen molar-refractivity contribution in [2.75, 3.05) is 12.3 Å². The highest BCUT2D eigenvalue weighted by Crippen LogP contribution is 2.22. The van der Waals surface area contributed by atoms with Crippen LogP contribution in [0, 0.1) is 0 Å². The number of amides is 1. The molecule has 1 N–H and O–H groups in total. The highest BCUT2D eigenvalue weighted by atomic mass is 35.5. The van der Waals surface area contributed by atoms with E-state index in [1.165, 1.54) is 18.2 Å². The third kappa shape index (κ3) is 4.68. The maximum atomic E-state index is 11.9. The Morgan fingerprint density at radius 3 is 2.40 bits per heavy atom. The molecule has 0 aliphatic rings. The largest absolute Gasteiger partial charge is 0.471 e. The van der Waals surface area contributed by atoms with Crippen molar-refractivity contribution < 1.29 is 26.4 Å². The van der Waals surface area contributed by atoms with Crippen molar-refractivity contribution in [2.24, 2.45) is 0 Å². The zero-order chi connectivity index (χ0) is 15.4. The van der Waals surface area contributed by atoms with Crippen LogP contribution in [0.4, 0.5) is 13.2 Å². The molecule has 1 aromatic carbocycles. The number of carbonyl (C=O) groups is 1. The Labute approximate surface area is 118 Å². The first-order chi connectivity index (χ1) is 9.14. The predicted molar refractivity (Wildman–Crippen MR) is 67.2 cm³/mol. The van der Waals surface area contributed by atoms with Crippen LogP contribution in [0.3, 0.4) is 0 Å². The van der Waals surface area contributed by atoms with E-state index in [1.807, 2.05) is 0 Å². The van der Waals surface area contributed by atoms with E-state index in [2.05, 4.69) is 0 Å². The molecule has 0 heterocycles. The standard InChI is InChI=1S/C11H11ClF3NO3S/c12-8-4-1-2-5-9(8)20(18,19)7-3-6-16-10(17)11(13,14)15/h1-2,4-5H,3,6-7H2,(H,16,17). The van der Waals surface area contributed by atoms with Gasteiger partial charge in [-0.2, -0.15) is 13.2 Å². The van der Waals surface area contributed by atoms with Crippen molar-refractivity contribution in [3.63, 3.8) is 0 Å². The van der Waals surface area contributed by atoms with Gasteiger partial charge in [0, 0.05) is 6.54 Å². The molecule has 0 spiro atoms. The lowest BCUT2D eigenvalue weighted by molar-refractivity contribution is -0.173. The molecular formula is C11H11ClF3NO3S. The van der Waals surface area contributed by atoms with E-state index in [0.717, 1.165) is 0 Å². The average Bonchev–Trinajstić information content (AvgIpc) is 2.33. The van der Waals surface area contributed by atoms with Gasteiger partial charge >= 0.3 is 12.1 Å². The Bertz CT molecular complexity index is 587. The third-order valence-electron chi connectivity index (χ3n) is 2.30. The molecule has 0 aromatic heterocycles. The number of carbonyl (C=O) groups excluding carboxylic acids is 1. The van der Waals surface area contributed by atoms with Gasteiger partial charge in [0.15, 0.2) is 9.84 Å². The van der Waals surface area contributed by atoms with Gasteiger partial charge in [-0.3, -0.25) is 4.79 Å². The van der Waals surface area contributed by atoms with E-state index >= 15 is 0 Å². The molecule has 0 aliphatic heterocycles. The van der Waals surface area contributed by atoms with E-state index < -0.39 is 27.7 Å². The van der Waals surface area contributed by atoms with Gasteiger partial charge in [-0.25, -0.2) is 8.42 Å². The average molecular weight is 330 g/mol. The van der Waals surface area contributed by atoms with Gasteiger partial charge in [0.05, 0.1) is 15.7 Å². The summed E-state index contributed by atoms with van der Waals surface area (Å²) < 4.78 is 59.4. The van der Waals surface area contributed by atoms with E-state index in [1.54, 1.807) is 11.4 Å². The molecule has 0 aliphatic carbocycles. The smallest absolute Gasteiger partial charge is 0.348 e. The Balaban J connectivity index is 2.54. The van der Waals surface area contributed by atoms with Crippen LogP contribution in [-0.2, 0) is 14.6 Å². The summed E-state index contributed by atoms with van der Waals surface area (Å²) in [5.41, 5.74) is 0. The second-order valence-corrected chi connectivity index (χ2v) is 6.34. The predicted octanol–water partition coefficient (Wildman–Crippen LogP) is 2.18. The SMILES string of the molecule is O=C(NCCCS(=O)(=O)c1ccccc1Cl)C(F)(F)F. The van der Waals surface area contributed by atoms with E-state index in [0.29, 0.717) is 0 Å². The maximum absolute atomic E-state index is 11.9. The number of nitrogens with one attached hydrogen (secondary N) is 1. The fraction of sp³-hybridized carbons (Fsp3) is 0.364. The number of rotatable bonds is 5. The summed E-state index contributed by atoms with van der Waals surface area (Å²) in [5.74, 6) is -2.50. The second-order valence-electron chi connectivity index (χ2n) is 3.86. The van der Waals surface area contributed by atoms with E-state index in [4.69, 9.17) is 11.6 Å². The zero-order valence-corrected chi connectivity index (χ0v) is 11.6. The lowest BCUT2D eigenvalue weighted by atomic mass is 10.4. The molecule has 4 nitrogen and oxygen atoms in total. The molecular weight excluding hydrogens is 319 g/mol. The summed E-state index contributed by atoms with van der Waals surface area (Å²) in [4.78, 5) is 10.4. The zero-order valence-electron chi connectivity index (χ0n) is 10.1. The van der Waals surface area contributed by atoms with Gasteiger partial charge < -0.3 is 5.32 Å². The molecule has 0 radical (unpaired) electrons. The summed E-state index contributed by atoms with van der Waals surface area (Å²) in [6.45, 7) is -0.387. The number of hydrogen-bond acceptors (Lipinski definition) is 3. The molecule has 0 bridgehead atoms. The maximum Gasteiger partial charge on any atom is 0.471 e. The number of alkyl halides is 3. The van der Waals surface area contributed by atoms with Gasteiger partial charge in [0.25, 0.3) is 0 Å². The summed E-state index contributed by atoms with van der Waals surface area (Å²) in [6.07, 6.45) is -5.11. The van der Waals surface area contributed by atoms with Crippen molar-refractivity contribution >= 4 is 27.3 Å². The second kappa shape index (κ2) is 6.45. The van der Waals surface area contributed by atoms with E-state index in [-0.39, 0.29) is 22.9 Å². The van der Waals surface area contributed by atoms with Crippen LogP contribution in [-0.4, -0.2) is 32.8 Å². The van der Waals surface area contributed by atoms with Crippen LogP contribution < -0.4 is 5.32 Å². The van der Waals surface area contributed by atoms with Crippen molar-refractivity contribution in [3.05, 3.63) is 29.3 Å². The monoisotopic (exact) mass is 329 g/mol. The van der Waals surface area contributed by atoms with Crippen LogP contribution in [0.1, 0.15) is 6.42 Å². The molecule has 0 atom stereocenters. The lowest BCUT2D eigenvalue weighted by Crippen LogP contribution is -2.37. The van der Waals surface area contributed by atoms with Gasteiger partial charge in [-0.05, 0) is 18.6 Å². The fourth-order valence-electron chi connectivity index (χ4n) is 1.37. The molecule has 0 unspecified atom stereocenters. The molecule has 112 valence electrons. The molecule has 0 saturated heterocycles. The van der Waals surface area contributed by atoms with Crippen LogP contribution in [0.15, 0.2) is 29.2 Å². The molecule has 1 rings (SSSR count). The summed E-state index contributed by atoms with van der Waals surface area (Å²) in [6, 6.07) is 5.76. The van der Waals surface area contributed by atoms with Gasteiger partial charge in [-0.1, -0.05) is 23.7 Å². The van der Waals surface area contributed by atoms with Crippen LogP contribution in [0.2, 0.25) is 5.02 Å².